The molecule has 0 N–H and O–H groups in total. The molecule has 1 unspecified atom stereocenters. The number of hydrogen-bond acceptors (Lipinski definition) is 2. The lowest BCUT2D eigenvalue weighted by atomic mass is 10.1. The van der Waals surface area contributed by atoms with Gasteiger partial charge in [0.25, 0.3) is 5.91 Å². The van der Waals surface area contributed by atoms with Crippen molar-refractivity contribution in [3.8, 4) is 0 Å². The zero-order valence-corrected chi connectivity index (χ0v) is 12.1. The van der Waals surface area contributed by atoms with Crippen LogP contribution in [0, 0.1) is 5.82 Å². The first kappa shape index (κ1) is 13.5. The standard InChI is InChI=1S/C13H16BrFN2O/c1-9-8-16(2)6-7-17(9)13(18)12-10(14)4-3-5-11(12)15/h3-5,9H,6-8H2,1-2H3. The molecule has 1 atom stereocenters. The molecule has 1 saturated heterocycles. The Labute approximate surface area is 115 Å². The number of likely N-dealkylation sites (N-methyl/N-ethyl adjacent to an activating group) is 1. The third-order valence-electron chi connectivity index (χ3n) is 3.27. The zero-order chi connectivity index (χ0) is 13.3. The lowest BCUT2D eigenvalue weighted by molar-refractivity contribution is 0.0528. The quantitative estimate of drug-likeness (QED) is 0.794. The fraction of sp³-hybridized carbons (Fsp3) is 0.462. The summed E-state index contributed by atoms with van der Waals surface area (Å²) in [6.45, 7) is 4.26. The van der Waals surface area contributed by atoms with Crippen molar-refractivity contribution < 1.29 is 9.18 Å². The summed E-state index contributed by atoms with van der Waals surface area (Å²) >= 11 is 3.25. The summed E-state index contributed by atoms with van der Waals surface area (Å²) < 4.78 is 14.3. The topological polar surface area (TPSA) is 23.6 Å². The maximum Gasteiger partial charge on any atom is 0.258 e. The van der Waals surface area contributed by atoms with Gasteiger partial charge in [-0.15, -0.1) is 0 Å². The minimum absolute atomic E-state index is 0.0998. The van der Waals surface area contributed by atoms with Crippen LogP contribution in [-0.2, 0) is 0 Å². The van der Waals surface area contributed by atoms with Crippen LogP contribution in [0.15, 0.2) is 22.7 Å². The summed E-state index contributed by atoms with van der Waals surface area (Å²) in [6, 6.07) is 4.70. The molecule has 1 amide bonds. The molecule has 1 aliphatic heterocycles. The molecule has 3 nitrogen and oxygen atoms in total. The lowest BCUT2D eigenvalue weighted by Gasteiger charge is -2.38. The Balaban J connectivity index is 2.26. The first-order valence-electron chi connectivity index (χ1n) is 5.94. The monoisotopic (exact) mass is 314 g/mol. The van der Waals surface area contributed by atoms with E-state index in [0.29, 0.717) is 11.0 Å². The van der Waals surface area contributed by atoms with Crippen molar-refractivity contribution in [2.45, 2.75) is 13.0 Å². The van der Waals surface area contributed by atoms with Crippen molar-refractivity contribution >= 4 is 21.8 Å². The molecule has 1 fully saturated rings. The van der Waals surface area contributed by atoms with Crippen LogP contribution in [-0.4, -0.2) is 48.4 Å². The van der Waals surface area contributed by atoms with E-state index in [1.54, 1.807) is 17.0 Å². The van der Waals surface area contributed by atoms with Crippen molar-refractivity contribution in [2.75, 3.05) is 26.7 Å². The van der Waals surface area contributed by atoms with Gasteiger partial charge in [-0.25, -0.2) is 4.39 Å². The van der Waals surface area contributed by atoms with Gasteiger partial charge in [0.05, 0.1) is 5.56 Å². The molecule has 0 saturated carbocycles. The second-order valence-electron chi connectivity index (χ2n) is 4.71. The number of hydrogen-bond donors (Lipinski definition) is 0. The van der Waals surface area contributed by atoms with Crippen LogP contribution in [0.25, 0.3) is 0 Å². The van der Waals surface area contributed by atoms with Gasteiger partial charge in [-0.2, -0.15) is 0 Å². The average molecular weight is 315 g/mol. The van der Waals surface area contributed by atoms with Crippen LogP contribution in [0.1, 0.15) is 17.3 Å². The molecule has 0 radical (unpaired) electrons. The number of carbonyl (C=O) groups is 1. The van der Waals surface area contributed by atoms with Gasteiger partial charge in [-0.05, 0) is 42.0 Å². The Morgan fingerprint density at radius 2 is 2.17 bits per heavy atom. The Morgan fingerprint density at radius 3 is 2.78 bits per heavy atom. The van der Waals surface area contributed by atoms with E-state index >= 15 is 0 Å². The summed E-state index contributed by atoms with van der Waals surface area (Å²) in [5.74, 6) is -0.707. The number of piperazine rings is 1. The Morgan fingerprint density at radius 1 is 1.44 bits per heavy atom. The number of rotatable bonds is 1. The molecule has 0 aliphatic carbocycles. The fourth-order valence-corrected chi connectivity index (χ4v) is 2.80. The molecule has 5 heteroatoms. The number of halogens is 2. The van der Waals surface area contributed by atoms with E-state index in [2.05, 4.69) is 20.8 Å². The second-order valence-corrected chi connectivity index (χ2v) is 5.56. The van der Waals surface area contributed by atoms with Gasteiger partial charge < -0.3 is 9.80 Å². The highest BCUT2D eigenvalue weighted by atomic mass is 79.9. The number of carbonyl (C=O) groups excluding carboxylic acids is 1. The molecule has 98 valence electrons. The Hall–Kier alpha value is -0.940. The predicted octanol–water partition coefficient (Wildman–Crippen LogP) is 2.36. The third-order valence-corrected chi connectivity index (χ3v) is 3.93. The highest BCUT2D eigenvalue weighted by molar-refractivity contribution is 9.10. The second kappa shape index (κ2) is 5.36. The van der Waals surface area contributed by atoms with Crippen molar-refractivity contribution in [3.63, 3.8) is 0 Å². The predicted molar refractivity (Wildman–Crippen MR) is 72.1 cm³/mol. The van der Waals surface area contributed by atoms with Crippen LogP contribution in [0.2, 0.25) is 0 Å². The fourth-order valence-electron chi connectivity index (χ4n) is 2.29. The molecule has 1 aliphatic rings. The summed E-state index contributed by atoms with van der Waals surface area (Å²) in [5, 5.41) is 0. The molecule has 0 spiro atoms. The SMILES string of the molecule is CC1CN(C)CCN1C(=O)c1c(F)cccc1Br. The first-order valence-corrected chi connectivity index (χ1v) is 6.73. The van der Waals surface area contributed by atoms with Crippen molar-refractivity contribution in [3.05, 3.63) is 34.1 Å². The van der Waals surface area contributed by atoms with Gasteiger partial charge in [-0.1, -0.05) is 6.07 Å². The van der Waals surface area contributed by atoms with E-state index in [1.165, 1.54) is 6.07 Å². The molecular formula is C13H16BrFN2O. The van der Waals surface area contributed by atoms with Gasteiger partial charge in [0.1, 0.15) is 5.82 Å². The van der Waals surface area contributed by atoms with Crippen LogP contribution in [0.5, 0.6) is 0 Å². The maximum atomic E-state index is 13.8. The van der Waals surface area contributed by atoms with Crippen LogP contribution >= 0.6 is 15.9 Å². The van der Waals surface area contributed by atoms with Crippen LogP contribution in [0.3, 0.4) is 0 Å². The van der Waals surface area contributed by atoms with Crippen molar-refractivity contribution in [1.29, 1.82) is 0 Å². The number of amides is 1. The minimum Gasteiger partial charge on any atom is -0.333 e. The third kappa shape index (κ3) is 2.57. The van der Waals surface area contributed by atoms with E-state index in [0.717, 1.165) is 13.1 Å². The van der Waals surface area contributed by atoms with Gasteiger partial charge in [0.15, 0.2) is 0 Å². The first-order chi connectivity index (χ1) is 8.50. The molecule has 1 aromatic rings. The molecule has 1 heterocycles. The molecule has 0 aromatic heterocycles. The summed E-state index contributed by atoms with van der Waals surface area (Å²) in [6.07, 6.45) is 0. The minimum atomic E-state index is -0.472. The molecular weight excluding hydrogens is 299 g/mol. The molecule has 0 bridgehead atoms. The summed E-state index contributed by atoms with van der Waals surface area (Å²) in [7, 11) is 2.03. The smallest absolute Gasteiger partial charge is 0.258 e. The maximum absolute atomic E-state index is 13.8. The zero-order valence-electron chi connectivity index (χ0n) is 10.5. The van der Waals surface area contributed by atoms with Crippen molar-refractivity contribution in [2.24, 2.45) is 0 Å². The van der Waals surface area contributed by atoms with Crippen LogP contribution < -0.4 is 0 Å². The largest absolute Gasteiger partial charge is 0.333 e. The van der Waals surface area contributed by atoms with Crippen molar-refractivity contribution in [1.82, 2.24) is 9.80 Å². The van der Waals surface area contributed by atoms with Gasteiger partial charge >= 0.3 is 0 Å². The van der Waals surface area contributed by atoms with E-state index in [-0.39, 0.29) is 17.5 Å². The highest BCUT2D eigenvalue weighted by Gasteiger charge is 2.29. The molecule has 1 aromatic carbocycles. The Bertz CT molecular complexity index is 446. The van der Waals surface area contributed by atoms with E-state index in [4.69, 9.17) is 0 Å². The molecule has 18 heavy (non-hydrogen) atoms. The number of benzene rings is 1. The van der Waals surface area contributed by atoms with E-state index in [9.17, 15) is 9.18 Å². The molecule has 2 rings (SSSR count). The van der Waals surface area contributed by atoms with Gasteiger partial charge in [0, 0.05) is 30.1 Å². The number of nitrogens with zero attached hydrogens (tertiary/aromatic N) is 2. The average Bonchev–Trinajstić information content (AvgIpc) is 2.28. The highest BCUT2D eigenvalue weighted by Crippen LogP contribution is 2.23. The Kier molecular flexibility index (Phi) is 4.02. The lowest BCUT2D eigenvalue weighted by Crippen LogP contribution is -2.52. The van der Waals surface area contributed by atoms with E-state index < -0.39 is 5.82 Å². The van der Waals surface area contributed by atoms with E-state index in [1.807, 2.05) is 14.0 Å². The normalized spacial score (nSPS) is 21.1. The van der Waals surface area contributed by atoms with Gasteiger partial charge in [-0.3, -0.25) is 4.79 Å². The summed E-state index contributed by atoms with van der Waals surface area (Å²) in [5.41, 5.74) is 0.133. The van der Waals surface area contributed by atoms with Crippen LogP contribution in [0.4, 0.5) is 4.39 Å². The van der Waals surface area contributed by atoms with Gasteiger partial charge in [0.2, 0.25) is 0 Å². The summed E-state index contributed by atoms with van der Waals surface area (Å²) in [4.78, 5) is 16.3.